The summed E-state index contributed by atoms with van der Waals surface area (Å²) in [7, 11) is -4.67. The maximum Gasteiger partial charge on any atom is 1.00 e. The molecule has 0 heterocycles. The molecule has 1 unspecified atom stereocenters. The first-order valence-electron chi connectivity index (χ1n) is 4.01. The minimum atomic E-state index is -4.67. The van der Waals surface area contributed by atoms with Crippen LogP contribution in [-0.4, -0.2) is 13.0 Å². The Kier molecular flexibility index (Phi) is 7.58. The van der Waals surface area contributed by atoms with E-state index in [0.717, 1.165) is 5.56 Å². The third kappa shape index (κ3) is 6.05. The molecule has 4 nitrogen and oxygen atoms in total. The molecule has 1 rings (SSSR count). The van der Waals surface area contributed by atoms with E-state index in [0.29, 0.717) is 12.0 Å². The van der Waals surface area contributed by atoms with Gasteiger partial charge in [0.1, 0.15) is 0 Å². The van der Waals surface area contributed by atoms with Gasteiger partial charge in [-0.2, -0.15) is 0 Å². The first kappa shape index (κ1) is 16.2. The molecular weight excluding hydrogens is 259 g/mol. The van der Waals surface area contributed by atoms with Crippen molar-refractivity contribution in [2.45, 2.75) is 5.25 Å². The summed E-state index contributed by atoms with van der Waals surface area (Å²) in [5, 5.41) is -0.380. The van der Waals surface area contributed by atoms with Gasteiger partial charge in [0.15, 0.2) is 0 Å². The molecule has 0 aliphatic heterocycles. The summed E-state index contributed by atoms with van der Waals surface area (Å²) in [4.78, 5) is 0. The van der Waals surface area contributed by atoms with E-state index in [2.05, 4.69) is 10.2 Å². The second-order valence-corrected chi connectivity index (χ2v) is 4.70. The first-order valence-corrected chi connectivity index (χ1v) is 6.15. The van der Waals surface area contributed by atoms with Crippen molar-refractivity contribution in [2.24, 2.45) is 0 Å². The molecule has 0 spiro atoms. The van der Waals surface area contributed by atoms with Gasteiger partial charge in [0.25, 0.3) is 0 Å². The van der Waals surface area contributed by atoms with E-state index in [1.165, 1.54) is 6.08 Å². The molecule has 1 atom stereocenters. The molecule has 82 valence electrons. The van der Waals surface area contributed by atoms with E-state index >= 15 is 0 Å². The Bertz CT molecular complexity index is 418. The number of benzene rings is 1. The minimum Gasteiger partial charge on any atom is -0.725 e. The summed E-state index contributed by atoms with van der Waals surface area (Å²) in [6, 6.07) is 9.02. The van der Waals surface area contributed by atoms with E-state index in [1.807, 2.05) is 6.07 Å². The van der Waals surface area contributed by atoms with Crippen LogP contribution in [0.1, 0.15) is 10.8 Å². The maximum atomic E-state index is 10.3. The molecule has 1 aromatic rings. The summed E-state index contributed by atoms with van der Waals surface area (Å²) in [5.41, 5.74) is 0.821. The molecular formula is C9H9NaO4S2. The van der Waals surface area contributed by atoms with Crippen LogP contribution in [0.3, 0.4) is 0 Å². The molecule has 1 aromatic carbocycles. The predicted molar refractivity (Wildman–Crippen MR) is 57.8 cm³/mol. The van der Waals surface area contributed by atoms with E-state index in [4.69, 9.17) is 0 Å². The van der Waals surface area contributed by atoms with E-state index in [-0.39, 0.29) is 34.8 Å². The summed E-state index contributed by atoms with van der Waals surface area (Å²) >= 11 is 0.563. The molecule has 0 radical (unpaired) electrons. The van der Waals surface area contributed by atoms with Gasteiger partial charge in [0.05, 0.1) is 5.25 Å². The van der Waals surface area contributed by atoms with Crippen molar-refractivity contribution < 1.29 is 46.2 Å². The van der Waals surface area contributed by atoms with Crippen LogP contribution in [0.2, 0.25) is 0 Å². The number of rotatable bonds is 5. The molecule has 0 N–H and O–H groups in total. The van der Waals surface area contributed by atoms with Gasteiger partial charge >= 0.3 is 29.6 Å². The van der Waals surface area contributed by atoms with Crippen LogP contribution in [0.5, 0.6) is 0 Å². The molecule has 0 saturated carbocycles. The maximum absolute atomic E-state index is 10.3. The quantitative estimate of drug-likeness (QED) is 0.226. The average Bonchev–Trinajstić information content (AvgIpc) is 2.19. The van der Waals surface area contributed by atoms with Gasteiger partial charge in [-0.1, -0.05) is 36.4 Å². The SMILES string of the molecule is C=CC(SOS(=O)(=O)[O-])c1ccccc1.[Na+]. The Balaban J connectivity index is 0.00000225. The van der Waals surface area contributed by atoms with E-state index in [1.54, 1.807) is 24.3 Å². The van der Waals surface area contributed by atoms with Crippen LogP contribution in [0.4, 0.5) is 0 Å². The van der Waals surface area contributed by atoms with Crippen molar-refractivity contribution in [3.8, 4) is 0 Å². The fourth-order valence-corrected chi connectivity index (χ4v) is 2.03. The molecule has 0 aliphatic carbocycles. The summed E-state index contributed by atoms with van der Waals surface area (Å²) < 4.78 is 34.8. The van der Waals surface area contributed by atoms with Crippen LogP contribution in [0.25, 0.3) is 0 Å². The summed E-state index contributed by atoms with van der Waals surface area (Å²) in [5.74, 6) is 0. The van der Waals surface area contributed by atoms with Crippen LogP contribution in [0.15, 0.2) is 43.0 Å². The average molecular weight is 268 g/mol. The van der Waals surface area contributed by atoms with Crippen molar-refractivity contribution in [1.29, 1.82) is 0 Å². The predicted octanol–water partition coefficient (Wildman–Crippen LogP) is -0.957. The molecule has 0 amide bonds. The topological polar surface area (TPSA) is 66.4 Å². The van der Waals surface area contributed by atoms with E-state index in [9.17, 15) is 13.0 Å². The Morgan fingerprint density at radius 2 is 1.94 bits per heavy atom. The molecule has 7 heteroatoms. The van der Waals surface area contributed by atoms with Gasteiger partial charge < -0.3 is 4.55 Å². The Labute approximate surface area is 122 Å². The summed E-state index contributed by atoms with van der Waals surface area (Å²) in [6.45, 7) is 3.54. The van der Waals surface area contributed by atoms with Crippen molar-refractivity contribution >= 4 is 22.4 Å². The second-order valence-electron chi connectivity index (χ2n) is 2.64. The monoisotopic (exact) mass is 268 g/mol. The Morgan fingerprint density at radius 1 is 1.38 bits per heavy atom. The third-order valence-corrected chi connectivity index (χ3v) is 3.22. The molecule has 0 aromatic heterocycles. The number of hydrogen-bond donors (Lipinski definition) is 0. The van der Waals surface area contributed by atoms with Crippen LogP contribution in [-0.2, 0) is 14.0 Å². The smallest absolute Gasteiger partial charge is 0.725 e. The minimum absolute atomic E-state index is 0. The van der Waals surface area contributed by atoms with Gasteiger partial charge in [0, 0.05) is 12.0 Å². The third-order valence-electron chi connectivity index (χ3n) is 1.57. The van der Waals surface area contributed by atoms with Gasteiger partial charge in [-0.05, 0) is 5.56 Å². The molecule has 0 aliphatic rings. The first-order chi connectivity index (χ1) is 7.03. The molecule has 0 saturated heterocycles. The fourth-order valence-electron chi connectivity index (χ4n) is 0.964. The molecule has 0 fully saturated rings. The fraction of sp³-hybridized carbons (Fsp3) is 0.111. The Hall–Kier alpha value is 0.180. The van der Waals surface area contributed by atoms with Crippen molar-refractivity contribution in [2.75, 3.05) is 0 Å². The zero-order valence-electron chi connectivity index (χ0n) is 8.70. The normalized spacial score (nSPS) is 12.6. The molecule has 0 bridgehead atoms. The second kappa shape index (κ2) is 7.50. The van der Waals surface area contributed by atoms with Gasteiger partial charge in [-0.15, -0.1) is 6.58 Å². The van der Waals surface area contributed by atoms with Crippen molar-refractivity contribution in [3.63, 3.8) is 0 Å². The van der Waals surface area contributed by atoms with Crippen molar-refractivity contribution in [3.05, 3.63) is 48.6 Å². The standard InChI is InChI=1S/C9H10O4S2.Na/c1-2-9(14-13-15(10,11)12)8-6-4-3-5-7-8;/h2-7,9H,1H2,(H,10,11,12);/q;+1/p-1. The van der Waals surface area contributed by atoms with Crippen LogP contribution < -0.4 is 29.6 Å². The molecule has 16 heavy (non-hydrogen) atoms. The number of hydrogen-bond acceptors (Lipinski definition) is 5. The van der Waals surface area contributed by atoms with E-state index < -0.39 is 10.4 Å². The van der Waals surface area contributed by atoms with Gasteiger partial charge in [-0.25, -0.2) is 12.0 Å². The zero-order chi connectivity index (χ0) is 11.3. The zero-order valence-corrected chi connectivity index (χ0v) is 12.3. The van der Waals surface area contributed by atoms with Crippen LogP contribution >= 0.6 is 12.0 Å². The summed E-state index contributed by atoms with van der Waals surface area (Å²) in [6.07, 6.45) is 1.51. The van der Waals surface area contributed by atoms with Crippen molar-refractivity contribution in [1.82, 2.24) is 0 Å². The van der Waals surface area contributed by atoms with Gasteiger partial charge in [0.2, 0.25) is 10.4 Å². The Morgan fingerprint density at radius 3 is 2.38 bits per heavy atom. The largest absolute Gasteiger partial charge is 1.00 e. The van der Waals surface area contributed by atoms with Crippen LogP contribution in [0, 0.1) is 0 Å². The van der Waals surface area contributed by atoms with Gasteiger partial charge in [-0.3, -0.25) is 0 Å².